The van der Waals surface area contributed by atoms with Gasteiger partial charge in [-0.2, -0.15) is 5.10 Å². The number of rotatable bonds is 1. The first-order valence-electron chi connectivity index (χ1n) is 8.06. The lowest BCUT2D eigenvalue weighted by Gasteiger charge is -2.42. The summed E-state index contributed by atoms with van der Waals surface area (Å²) in [6.45, 7) is 9.46. The van der Waals surface area contributed by atoms with Crippen molar-refractivity contribution in [3.63, 3.8) is 0 Å². The van der Waals surface area contributed by atoms with Crippen molar-refractivity contribution in [1.29, 1.82) is 0 Å². The molecule has 1 saturated heterocycles. The van der Waals surface area contributed by atoms with Crippen LogP contribution in [0.25, 0.3) is 11.0 Å². The number of hydrogen-bond donors (Lipinski definition) is 1. The number of aryl methyl sites for hydroxylation is 3. The average Bonchev–Trinajstić information content (AvgIpc) is 2.75. The van der Waals surface area contributed by atoms with Gasteiger partial charge in [-0.15, -0.1) is 0 Å². The van der Waals surface area contributed by atoms with E-state index >= 15 is 0 Å². The van der Waals surface area contributed by atoms with Crippen LogP contribution in [0.1, 0.15) is 42.0 Å². The van der Waals surface area contributed by atoms with Crippen molar-refractivity contribution in [1.82, 2.24) is 19.7 Å². The molecule has 23 heavy (non-hydrogen) atoms. The second-order valence-corrected chi connectivity index (χ2v) is 7.33. The zero-order valence-corrected chi connectivity index (χ0v) is 14.6. The topological polar surface area (TPSA) is 77.0 Å². The Morgan fingerprint density at radius 2 is 2.09 bits per heavy atom. The molecule has 3 rings (SSSR count). The molecule has 1 unspecified atom stereocenters. The molecule has 1 aliphatic rings. The van der Waals surface area contributed by atoms with Gasteiger partial charge in [0, 0.05) is 31.9 Å². The molecule has 0 bridgehead atoms. The van der Waals surface area contributed by atoms with E-state index < -0.39 is 0 Å². The van der Waals surface area contributed by atoms with Crippen LogP contribution < -0.4 is 5.73 Å². The number of aromatic nitrogens is 3. The summed E-state index contributed by atoms with van der Waals surface area (Å²) in [5, 5.41) is 5.28. The van der Waals surface area contributed by atoms with Crippen LogP contribution in [0.5, 0.6) is 0 Å². The number of carbonyl (C=O) groups excluding carboxylic acids is 1. The van der Waals surface area contributed by atoms with E-state index in [0.29, 0.717) is 18.7 Å². The fraction of sp³-hybridized carbons (Fsp3) is 0.588. The Morgan fingerprint density at radius 3 is 2.74 bits per heavy atom. The summed E-state index contributed by atoms with van der Waals surface area (Å²) in [5.41, 5.74) is 9.25. The van der Waals surface area contributed by atoms with Crippen molar-refractivity contribution in [2.45, 2.75) is 40.2 Å². The molecule has 6 nitrogen and oxygen atoms in total. The van der Waals surface area contributed by atoms with Gasteiger partial charge in [-0.25, -0.2) is 4.98 Å². The molecule has 1 aliphatic heterocycles. The first kappa shape index (κ1) is 15.9. The number of nitrogens with two attached hydrogens (primary N) is 1. The summed E-state index contributed by atoms with van der Waals surface area (Å²) in [5.74, 6) is 0.0524. The van der Waals surface area contributed by atoms with Gasteiger partial charge in [0.2, 0.25) is 0 Å². The van der Waals surface area contributed by atoms with Gasteiger partial charge in [0.1, 0.15) is 0 Å². The van der Waals surface area contributed by atoms with Crippen molar-refractivity contribution in [2.24, 2.45) is 18.2 Å². The molecule has 2 aromatic heterocycles. The average molecular weight is 315 g/mol. The number of nitrogens with zero attached hydrogens (tertiary/aromatic N) is 4. The summed E-state index contributed by atoms with van der Waals surface area (Å²) in [6.07, 6.45) is 0.831. The second kappa shape index (κ2) is 5.30. The third-order valence-electron chi connectivity index (χ3n) is 4.93. The van der Waals surface area contributed by atoms with Gasteiger partial charge in [0.05, 0.1) is 16.6 Å². The number of pyridine rings is 1. The summed E-state index contributed by atoms with van der Waals surface area (Å²) in [4.78, 5) is 19.6. The lowest BCUT2D eigenvalue weighted by molar-refractivity contribution is 0.0534. The predicted molar refractivity (Wildman–Crippen MR) is 90.3 cm³/mol. The van der Waals surface area contributed by atoms with E-state index in [9.17, 15) is 4.79 Å². The molecular weight excluding hydrogens is 290 g/mol. The Morgan fingerprint density at radius 1 is 1.39 bits per heavy atom. The van der Waals surface area contributed by atoms with Crippen molar-refractivity contribution < 1.29 is 4.79 Å². The maximum absolute atomic E-state index is 13.1. The maximum atomic E-state index is 13.1. The van der Waals surface area contributed by atoms with Crippen LogP contribution in [0.3, 0.4) is 0 Å². The van der Waals surface area contributed by atoms with E-state index in [2.05, 4.69) is 23.9 Å². The molecular formula is C17H25N5O. The molecule has 1 atom stereocenters. The van der Waals surface area contributed by atoms with Crippen LogP contribution in [-0.2, 0) is 7.05 Å². The van der Waals surface area contributed by atoms with Crippen LogP contribution in [0.2, 0.25) is 0 Å². The predicted octanol–water partition coefficient (Wildman–Crippen LogP) is 1.78. The van der Waals surface area contributed by atoms with Gasteiger partial charge in [0.25, 0.3) is 5.91 Å². The van der Waals surface area contributed by atoms with Crippen LogP contribution in [0.4, 0.5) is 0 Å². The Hall–Kier alpha value is -1.95. The number of carbonyl (C=O) groups is 1. The van der Waals surface area contributed by atoms with E-state index in [0.717, 1.165) is 28.8 Å². The van der Waals surface area contributed by atoms with Gasteiger partial charge >= 0.3 is 0 Å². The highest BCUT2D eigenvalue weighted by molar-refractivity contribution is 6.06. The van der Waals surface area contributed by atoms with Gasteiger partial charge in [0.15, 0.2) is 5.65 Å². The molecule has 2 aromatic rings. The summed E-state index contributed by atoms with van der Waals surface area (Å²) < 4.78 is 1.74. The SMILES string of the molecule is Cc1cc(C(=O)N2CCC(N)C(C)(C)C2)c2c(C)nn(C)c2n1. The van der Waals surface area contributed by atoms with Crippen molar-refractivity contribution in [3.05, 3.63) is 23.0 Å². The van der Waals surface area contributed by atoms with Crippen molar-refractivity contribution in [3.8, 4) is 0 Å². The summed E-state index contributed by atoms with van der Waals surface area (Å²) >= 11 is 0. The van der Waals surface area contributed by atoms with Crippen LogP contribution in [0, 0.1) is 19.3 Å². The van der Waals surface area contributed by atoms with E-state index in [-0.39, 0.29) is 17.4 Å². The maximum Gasteiger partial charge on any atom is 0.254 e. The van der Waals surface area contributed by atoms with E-state index in [1.165, 1.54) is 0 Å². The standard InChI is InChI=1S/C17H25N5O/c1-10-8-12(14-11(2)20-21(5)15(14)19-10)16(23)22-7-6-13(18)17(3,4)9-22/h8,13H,6-7,9,18H2,1-5H3. The second-order valence-electron chi connectivity index (χ2n) is 7.33. The van der Waals surface area contributed by atoms with E-state index in [1.54, 1.807) is 4.68 Å². The molecule has 0 aliphatic carbocycles. The van der Waals surface area contributed by atoms with Crippen LogP contribution in [0.15, 0.2) is 6.07 Å². The van der Waals surface area contributed by atoms with Crippen molar-refractivity contribution >= 4 is 16.9 Å². The molecule has 0 radical (unpaired) electrons. The van der Waals surface area contributed by atoms with Gasteiger partial charge in [-0.05, 0) is 31.7 Å². The number of amides is 1. The minimum atomic E-state index is -0.0704. The highest BCUT2D eigenvalue weighted by Gasteiger charge is 2.36. The molecule has 0 aromatic carbocycles. The number of piperidine rings is 1. The van der Waals surface area contributed by atoms with E-state index in [1.807, 2.05) is 31.9 Å². The summed E-state index contributed by atoms with van der Waals surface area (Å²) in [7, 11) is 1.86. The van der Waals surface area contributed by atoms with Gasteiger partial charge in [-0.1, -0.05) is 13.8 Å². The van der Waals surface area contributed by atoms with Gasteiger partial charge < -0.3 is 10.6 Å². The van der Waals surface area contributed by atoms with E-state index in [4.69, 9.17) is 5.73 Å². The van der Waals surface area contributed by atoms with Crippen molar-refractivity contribution in [2.75, 3.05) is 13.1 Å². The Balaban J connectivity index is 2.05. The Kier molecular flexibility index (Phi) is 3.67. The first-order valence-corrected chi connectivity index (χ1v) is 8.06. The monoisotopic (exact) mass is 315 g/mol. The first-order chi connectivity index (χ1) is 10.7. The fourth-order valence-corrected chi connectivity index (χ4v) is 3.46. The quantitative estimate of drug-likeness (QED) is 0.870. The highest BCUT2D eigenvalue weighted by Crippen LogP contribution is 2.30. The molecule has 1 fully saturated rings. The third kappa shape index (κ3) is 2.61. The molecule has 6 heteroatoms. The smallest absolute Gasteiger partial charge is 0.254 e. The molecule has 0 saturated carbocycles. The normalized spacial score (nSPS) is 21.0. The molecule has 124 valence electrons. The third-order valence-corrected chi connectivity index (χ3v) is 4.93. The molecule has 0 spiro atoms. The molecule has 3 heterocycles. The van der Waals surface area contributed by atoms with Crippen LogP contribution >= 0.6 is 0 Å². The number of likely N-dealkylation sites (tertiary alicyclic amines) is 1. The Labute approximate surface area is 136 Å². The molecule has 2 N–H and O–H groups in total. The van der Waals surface area contributed by atoms with Gasteiger partial charge in [-0.3, -0.25) is 9.48 Å². The minimum absolute atomic E-state index is 0.0524. The zero-order chi connectivity index (χ0) is 16.9. The fourth-order valence-electron chi connectivity index (χ4n) is 3.46. The molecule has 1 amide bonds. The van der Waals surface area contributed by atoms with Crippen LogP contribution in [-0.4, -0.2) is 44.7 Å². The zero-order valence-electron chi connectivity index (χ0n) is 14.6. The largest absolute Gasteiger partial charge is 0.338 e. The lowest BCUT2D eigenvalue weighted by Crippen LogP contribution is -2.54. The summed E-state index contributed by atoms with van der Waals surface area (Å²) in [6, 6.07) is 2.01. The number of hydrogen-bond acceptors (Lipinski definition) is 4. The lowest BCUT2D eigenvalue weighted by atomic mass is 9.79. The highest BCUT2D eigenvalue weighted by atomic mass is 16.2. The Bertz CT molecular complexity index is 777. The minimum Gasteiger partial charge on any atom is -0.338 e. The number of fused-ring (bicyclic) bond motifs is 1.